The lowest BCUT2D eigenvalue weighted by Gasteiger charge is -2.41. The Hall–Kier alpha value is -4.86. The van der Waals surface area contributed by atoms with Crippen LogP contribution in [-0.4, -0.2) is 139 Å². The van der Waals surface area contributed by atoms with E-state index in [2.05, 4.69) is 16.0 Å². The Balaban J connectivity index is 1.79. The number of hydrogen-bond donors (Lipinski definition) is 4. The van der Waals surface area contributed by atoms with E-state index in [1.54, 1.807) is 30.8 Å². The number of methoxy groups -OCH3 is 2. The molecule has 0 spiro atoms. The monoisotopic (exact) mass is 907 g/mol. The average molecular weight is 907 g/mol. The number of amides is 5. The summed E-state index contributed by atoms with van der Waals surface area (Å²) in [5, 5.41) is 18.1. The molecule has 0 aliphatic carbocycles. The van der Waals surface area contributed by atoms with Crippen molar-refractivity contribution in [2.75, 3.05) is 41.4 Å². The minimum atomic E-state index is -0.898. The van der Waals surface area contributed by atoms with Crippen molar-refractivity contribution in [3.63, 3.8) is 0 Å². The number of carboxylic acids is 1. The van der Waals surface area contributed by atoms with Gasteiger partial charge in [-0.05, 0) is 61.7 Å². The van der Waals surface area contributed by atoms with Gasteiger partial charge < -0.3 is 40.3 Å². The number of hydrogen-bond acceptors (Lipinski definition) is 9. The third-order valence-corrected chi connectivity index (χ3v) is 13.0. The summed E-state index contributed by atoms with van der Waals surface area (Å²) >= 11 is 0. The van der Waals surface area contributed by atoms with Crippen LogP contribution in [0.5, 0.6) is 0 Å². The van der Waals surface area contributed by atoms with Gasteiger partial charge in [-0.1, -0.05) is 116 Å². The van der Waals surface area contributed by atoms with Gasteiger partial charge in [0.05, 0.1) is 42.7 Å². The predicted molar refractivity (Wildman–Crippen MR) is 251 cm³/mol. The summed E-state index contributed by atoms with van der Waals surface area (Å²) in [7, 11) is 6.55. The number of benzene rings is 2. The van der Waals surface area contributed by atoms with Gasteiger partial charge >= 0.3 is 5.97 Å². The van der Waals surface area contributed by atoms with Crippen molar-refractivity contribution in [3.05, 3.63) is 71.8 Å². The van der Waals surface area contributed by atoms with Gasteiger partial charge in [-0.2, -0.15) is 0 Å². The summed E-state index contributed by atoms with van der Waals surface area (Å²) in [6.45, 7) is 14.5. The van der Waals surface area contributed by atoms with E-state index in [-0.39, 0.29) is 66.6 Å². The first-order valence-electron chi connectivity index (χ1n) is 23.4. The Morgan fingerprint density at radius 2 is 1.43 bits per heavy atom. The van der Waals surface area contributed by atoms with E-state index in [0.717, 1.165) is 11.1 Å². The molecule has 1 saturated heterocycles. The Morgan fingerprint density at radius 3 is 1.97 bits per heavy atom. The van der Waals surface area contributed by atoms with Crippen molar-refractivity contribution in [1.29, 1.82) is 0 Å². The smallest absolute Gasteiger partial charge is 0.303 e. The molecule has 0 radical (unpaired) electrons. The van der Waals surface area contributed by atoms with Crippen molar-refractivity contribution in [2.24, 2.45) is 23.7 Å². The zero-order valence-electron chi connectivity index (χ0n) is 40.8. The maximum absolute atomic E-state index is 14.5. The van der Waals surface area contributed by atoms with Crippen LogP contribution in [0.1, 0.15) is 98.1 Å². The second-order valence-corrected chi connectivity index (χ2v) is 18.4. The predicted octanol–water partition coefficient (Wildman–Crippen LogP) is 4.91. The molecule has 5 amide bonds. The number of carbonyl (C=O) groups excluding carboxylic acids is 5. The molecule has 65 heavy (non-hydrogen) atoms. The lowest BCUT2D eigenvalue weighted by molar-refractivity contribution is -0.148. The normalized spacial score (nSPS) is 17.7. The number of likely N-dealkylation sites (N-methyl/N-ethyl adjacent to an activating group) is 2. The van der Waals surface area contributed by atoms with Gasteiger partial charge in [0.25, 0.3) is 0 Å². The maximum Gasteiger partial charge on any atom is 0.303 e. The number of ether oxygens (including phenoxy) is 2. The van der Waals surface area contributed by atoms with Crippen molar-refractivity contribution in [1.82, 2.24) is 30.7 Å². The van der Waals surface area contributed by atoms with E-state index < -0.39 is 54.3 Å². The van der Waals surface area contributed by atoms with E-state index >= 15 is 0 Å². The summed E-state index contributed by atoms with van der Waals surface area (Å²) in [5.41, 5.74) is 1.83. The first-order valence-corrected chi connectivity index (χ1v) is 23.4. The summed E-state index contributed by atoms with van der Waals surface area (Å²) in [5.74, 6) is -3.58. The molecule has 1 heterocycles. The van der Waals surface area contributed by atoms with Crippen molar-refractivity contribution < 1.29 is 43.3 Å². The number of nitrogens with zero attached hydrogens (tertiary/aromatic N) is 3. The Morgan fingerprint density at radius 1 is 0.815 bits per heavy atom. The molecule has 15 nitrogen and oxygen atoms in total. The van der Waals surface area contributed by atoms with Gasteiger partial charge in [-0.25, -0.2) is 0 Å². The van der Waals surface area contributed by atoms with Crippen LogP contribution in [0.4, 0.5) is 0 Å². The van der Waals surface area contributed by atoms with Crippen molar-refractivity contribution >= 4 is 35.5 Å². The van der Waals surface area contributed by atoms with Crippen molar-refractivity contribution in [3.8, 4) is 0 Å². The molecule has 1 aliphatic heterocycles. The van der Waals surface area contributed by atoms with Crippen molar-refractivity contribution in [2.45, 2.75) is 142 Å². The number of carbonyl (C=O) groups is 6. The van der Waals surface area contributed by atoms with Gasteiger partial charge in [0.1, 0.15) is 12.1 Å². The third kappa shape index (κ3) is 15.9. The number of rotatable bonds is 27. The summed E-state index contributed by atoms with van der Waals surface area (Å²) in [6.07, 6.45) is 1.25. The zero-order chi connectivity index (χ0) is 48.4. The SMILES string of the molecule is CC[C@H](C)[C@@H]([C@@H](CC(=O)N1CCC[C@H]1[C@H](OC)[C@@H](C)C(=O)N[C@@H](Cc1ccccc1)C(=O)NCc1ccccc1)OC)N(C)C(=O)[C@@H](NC(=O)[C@H](C(C)C)N(C)CCCC(=O)O)C(C)C. The highest BCUT2D eigenvalue weighted by Crippen LogP contribution is 2.30. The standard InChI is InChI=1S/C50H78N6O9/c1-12-34(6)45(55(9)50(63)43(32(2)3)53-49(62)44(33(4)5)54(8)27-20-26-42(58)59)40(64-10)30-41(57)56-28-19-25-39(56)46(65-11)35(7)47(60)52-38(29-36-21-15-13-16-22-36)48(61)51-31-37-23-17-14-18-24-37/h13-18,21-24,32-35,38-40,43-46H,12,19-20,25-31H2,1-11H3,(H,51,61)(H,52,60)(H,53,62)(H,58,59)/t34-,35+,38-,39-,40+,43-,44-,45-,46+/m0/s1. The topological polar surface area (TPSA) is 187 Å². The number of carboxylic acid groups (broad SMARTS) is 1. The lowest BCUT2D eigenvalue weighted by atomic mass is 9.89. The number of nitrogens with one attached hydrogen (secondary N) is 3. The number of aliphatic carboxylic acids is 1. The molecule has 2 aromatic rings. The van der Waals surface area contributed by atoms with Crippen LogP contribution >= 0.6 is 0 Å². The molecule has 4 N–H and O–H groups in total. The fourth-order valence-corrected chi connectivity index (χ4v) is 9.18. The second kappa shape index (κ2) is 26.9. The number of likely N-dealkylation sites (tertiary alicyclic amines) is 1. The van der Waals surface area contributed by atoms with Crippen LogP contribution in [0.3, 0.4) is 0 Å². The zero-order valence-corrected chi connectivity index (χ0v) is 40.8. The molecule has 0 bridgehead atoms. The van der Waals surface area contributed by atoms with Gasteiger partial charge in [0.15, 0.2) is 0 Å². The molecule has 1 fully saturated rings. The fourth-order valence-electron chi connectivity index (χ4n) is 9.18. The summed E-state index contributed by atoms with van der Waals surface area (Å²) < 4.78 is 12.1. The minimum Gasteiger partial charge on any atom is -0.481 e. The quantitative estimate of drug-likeness (QED) is 0.0960. The molecule has 3 rings (SSSR count). The molecule has 362 valence electrons. The Labute approximate surface area is 387 Å². The van der Waals surface area contributed by atoms with E-state index in [0.29, 0.717) is 45.3 Å². The molecular formula is C50H78N6O9. The van der Waals surface area contributed by atoms with Gasteiger partial charge in [0, 0.05) is 47.2 Å². The molecule has 15 heteroatoms. The molecule has 2 aromatic carbocycles. The van der Waals surface area contributed by atoms with E-state index in [9.17, 15) is 28.8 Å². The third-order valence-electron chi connectivity index (χ3n) is 13.0. The highest BCUT2D eigenvalue weighted by atomic mass is 16.5. The molecular weight excluding hydrogens is 829 g/mol. The Bertz CT molecular complexity index is 1810. The fraction of sp³-hybridized carbons (Fsp3) is 0.640. The summed E-state index contributed by atoms with van der Waals surface area (Å²) in [4.78, 5) is 86.9. The first kappa shape index (κ1) is 54.5. The van der Waals surface area contributed by atoms with Crippen LogP contribution in [0, 0.1) is 23.7 Å². The molecule has 0 aromatic heterocycles. The van der Waals surface area contributed by atoms with Crippen LogP contribution in [0.2, 0.25) is 0 Å². The molecule has 0 saturated carbocycles. The van der Waals surface area contributed by atoms with E-state index in [1.807, 2.05) is 107 Å². The highest BCUT2D eigenvalue weighted by Gasteiger charge is 2.43. The first-order chi connectivity index (χ1) is 30.9. The van der Waals surface area contributed by atoms with E-state index in [4.69, 9.17) is 14.6 Å². The maximum atomic E-state index is 14.5. The Kier molecular flexibility index (Phi) is 22.6. The minimum absolute atomic E-state index is 0.00998. The van der Waals surface area contributed by atoms with Gasteiger partial charge in [0.2, 0.25) is 29.5 Å². The largest absolute Gasteiger partial charge is 0.481 e. The van der Waals surface area contributed by atoms with Crippen LogP contribution in [0.25, 0.3) is 0 Å². The highest BCUT2D eigenvalue weighted by molar-refractivity contribution is 5.91. The van der Waals surface area contributed by atoms with Crippen LogP contribution < -0.4 is 16.0 Å². The molecule has 9 atom stereocenters. The van der Waals surface area contributed by atoms with Crippen LogP contribution in [-0.2, 0) is 51.2 Å². The second-order valence-electron chi connectivity index (χ2n) is 18.4. The summed E-state index contributed by atoms with van der Waals surface area (Å²) in [6, 6.07) is 15.8. The van der Waals surface area contributed by atoms with Crippen LogP contribution in [0.15, 0.2) is 60.7 Å². The van der Waals surface area contributed by atoms with Gasteiger partial charge in [-0.3, -0.25) is 33.7 Å². The molecule has 1 aliphatic rings. The van der Waals surface area contributed by atoms with Gasteiger partial charge in [-0.15, -0.1) is 0 Å². The lowest BCUT2D eigenvalue weighted by Crippen LogP contribution is -2.60. The molecule has 0 unspecified atom stereocenters. The average Bonchev–Trinajstić information content (AvgIpc) is 3.76. The van der Waals surface area contributed by atoms with E-state index in [1.165, 1.54) is 14.2 Å².